The van der Waals surface area contributed by atoms with Gasteiger partial charge in [0.25, 0.3) is 5.91 Å². The summed E-state index contributed by atoms with van der Waals surface area (Å²) in [5.41, 5.74) is 3.79. The first-order valence-corrected chi connectivity index (χ1v) is 10.1. The minimum atomic E-state index is -0.300. The zero-order valence-electron chi connectivity index (χ0n) is 16.8. The van der Waals surface area contributed by atoms with Crippen molar-refractivity contribution in [3.05, 3.63) is 35.8 Å². The number of fused-ring (bicyclic) bond motifs is 1. The third-order valence-corrected chi connectivity index (χ3v) is 5.26. The summed E-state index contributed by atoms with van der Waals surface area (Å²) in [6.45, 7) is 6.71. The molecule has 0 spiro atoms. The Balaban J connectivity index is 1.71. The van der Waals surface area contributed by atoms with Crippen molar-refractivity contribution in [2.45, 2.75) is 52.2 Å². The Hall–Kier alpha value is -2.94. The van der Waals surface area contributed by atoms with Gasteiger partial charge in [-0.2, -0.15) is 5.10 Å². The van der Waals surface area contributed by atoms with Crippen LogP contribution in [0.5, 0.6) is 0 Å². The fourth-order valence-electron chi connectivity index (χ4n) is 3.68. The van der Waals surface area contributed by atoms with E-state index in [0.717, 1.165) is 67.0 Å². The number of carbonyl (C=O) groups is 1. The maximum absolute atomic E-state index is 12.4. The molecule has 0 bridgehead atoms. The normalized spacial score (nSPS) is 15.0. The molecular formula is C20H26N6O3. The van der Waals surface area contributed by atoms with E-state index in [1.807, 2.05) is 10.9 Å². The number of pyridine rings is 1. The van der Waals surface area contributed by atoms with Gasteiger partial charge in [-0.05, 0) is 26.2 Å². The Labute approximate surface area is 168 Å². The number of anilines is 1. The van der Waals surface area contributed by atoms with Crippen molar-refractivity contribution in [2.75, 3.05) is 18.5 Å². The lowest BCUT2D eigenvalue weighted by Crippen LogP contribution is -2.30. The Kier molecular flexibility index (Phi) is 5.75. The summed E-state index contributed by atoms with van der Waals surface area (Å²) in [7, 11) is 0. The molecule has 1 fully saturated rings. The molecule has 1 amide bonds. The van der Waals surface area contributed by atoms with Crippen molar-refractivity contribution in [1.29, 1.82) is 0 Å². The zero-order chi connectivity index (χ0) is 20.2. The van der Waals surface area contributed by atoms with Gasteiger partial charge in [0.05, 0.1) is 23.5 Å². The van der Waals surface area contributed by atoms with E-state index in [0.29, 0.717) is 12.6 Å². The first-order valence-electron chi connectivity index (χ1n) is 10.1. The highest BCUT2D eigenvalue weighted by atomic mass is 16.5. The van der Waals surface area contributed by atoms with Crippen LogP contribution in [-0.2, 0) is 24.2 Å². The predicted octanol–water partition coefficient (Wildman–Crippen LogP) is 2.52. The van der Waals surface area contributed by atoms with Crippen molar-refractivity contribution in [2.24, 2.45) is 0 Å². The highest BCUT2D eigenvalue weighted by Crippen LogP contribution is 2.31. The molecule has 1 saturated heterocycles. The van der Waals surface area contributed by atoms with E-state index in [1.165, 1.54) is 12.6 Å². The van der Waals surface area contributed by atoms with Gasteiger partial charge >= 0.3 is 0 Å². The van der Waals surface area contributed by atoms with Gasteiger partial charge in [-0.3, -0.25) is 4.79 Å². The Morgan fingerprint density at radius 2 is 2.10 bits per heavy atom. The lowest BCUT2D eigenvalue weighted by atomic mass is 10.0. The standard InChI is InChI=1S/C20H26N6O3/c1-3-16-14(9-22-20(27)17-11-21-12-29-17)18(24-13-5-7-28-8-6-13)15-10-23-26(4-2)19(15)25-16/h10-13H,3-9H2,1-2H3,(H,22,27)(H,24,25). The van der Waals surface area contributed by atoms with Crippen molar-refractivity contribution in [1.82, 2.24) is 25.1 Å². The third kappa shape index (κ3) is 3.95. The minimum absolute atomic E-state index is 0.190. The van der Waals surface area contributed by atoms with E-state index in [9.17, 15) is 4.79 Å². The van der Waals surface area contributed by atoms with E-state index >= 15 is 0 Å². The first kappa shape index (κ1) is 19.4. The highest BCUT2D eigenvalue weighted by Gasteiger charge is 2.22. The summed E-state index contributed by atoms with van der Waals surface area (Å²) in [5, 5.41) is 12.1. The van der Waals surface area contributed by atoms with E-state index in [-0.39, 0.29) is 11.7 Å². The van der Waals surface area contributed by atoms with Crippen molar-refractivity contribution >= 4 is 22.6 Å². The average molecular weight is 398 g/mol. The molecule has 4 heterocycles. The van der Waals surface area contributed by atoms with Crippen LogP contribution >= 0.6 is 0 Å². The zero-order valence-corrected chi connectivity index (χ0v) is 16.8. The van der Waals surface area contributed by atoms with Crippen molar-refractivity contribution in [3.63, 3.8) is 0 Å². The monoisotopic (exact) mass is 398 g/mol. The van der Waals surface area contributed by atoms with Crippen molar-refractivity contribution in [3.8, 4) is 0 Å². The van der Waals surface area contributed by atoms with Crippen LogP contribution in [0.4, 0.5) is 5.69 Å². The summed E-state index contributed by atoms with van der Waals surface area (Å²) in [6, 6.07) is 0.313. The molecule has 9 nitrogen and oxygen atoms in total. The van der Waals surface area contributed by atoms with Crippen LogP contribution in [-0.4, -0.2) is 44.9 Å². The molecule has 0 aliphatic carbocycles. The lowest BCUT2D eigenvalue weighted by molar-refractivity contribution is 0.0904. The van der Waals surface area contributed by atoms with Gasteiger partial charge in [0.1, 0.15) is 0 Å². The van der Waals surface area contributed by atoms with E-state index in [1.54, 1.807) is 0 Å². The van der Waals surface area contributed by atoms with Gasteiger partial charge in [0, 0.05) is 43.6 Å². The summed E-state index contributed by atoms with van der Waals surface area (Å²) in [6.07, 6.45) is 7.14. The maximum atomic E-state index is 12.4. The smallest absolute Gasteiger partial charge is 0.288 e. The summed E-state index contributed by atoms with van der Waals surface area (Å²) >= 11 is 0. The van der Waals surface area contributed by atoms with Crippen molar-refractivity contribution < 1.29 is 13.9 Å². The average Bonchev–Trinajstić information content (AvgIpc) is 3.43. The van der Waals surface area contributed by atoms with Gasteiger partial charge < -0.3 is 19.8 Å². The van der Waals surface area contributed by atoms with Crippen LogP contribution in [0.25, 0.3) is 11.0 Å². The van der Waals surface area contributed by atoms with E-state index < -0.39 is 0 Å². The van der Waals surface area contributed by atoms with E-state index in [2.05, 4.69) is 34.6 Å². The molecule has 1 aliphatic rings. The van der Waals surface area contributed by atoms with Crippen LogP contribution in [0.3, 0.4) is 0 Å². The quantitative estimate of drug-likeness (QED) is 0.630. The van der Waals surface area contributed by atoms with Crippen LogP contribution in [0, 0.1) is 0 Å². The molecule has 0 unspecified atom stereocenters. The summed E-state index contributed by atoms with van der Waals surface area (Å²) < 4.78 is 12.5. The molecule has 4 rings (SSSR count). The van der Waals surface area contributed by atoms with Gasteiger partial charge in [-0.1, -0.05) is 6.92 Å². The second-order valence-electron chi connectivity index (χ2n) is 7.04. The number of hydrogen-bond acceptors (Lipinski definition) is 7. The molecule has 0 aromatic carbocycles. The van der Waals surface area contributed by atoms with Gasteiger partial charge in [-0.15, -0.1) is 0 Å². The lowest BCUT2D eigenvalue weighted by Gasteiger charge is -2.26. The topological polar surface area (TPSA) is 107 Å². The molecule has 154 valence electrons. The molecule has 1 aliphatic heterocycles. The number of aromatic nitrogens is 4. The molecule has 0 radical (unpaired) electrons. The Morgan fingerprint density at radius 3 is 2.79 bits per heavy atom. The van der Waals surface area contributed by atoms with Gasteiger partial charge in [0.15, 0.2) is 12.0 Å². The van der Waals surface area contributed by atoms with Crippen LogP contribution in [0.2, 0.25) is 0 Å². The Bertz CT molecular complexity index is 976. The summed E-state index contributed by atoms with van der Waals surface area (Å²) in [4.78, 5) is 21.0. The second-order valence-corrected chi connectivity index (χ2v) is 7.04. The molecule has 3 aromatic heterocycles. The maximum Gasteiger partial charge on any atom is 0.288 e. The van der Waals surface area contributed by atoms with Gasteiger partial charge in [-0.25, -0.2) is 14.6 Å². The Morgan fingerprint density at radius 1 is 1.28 bits per heavy atom. The number of ether oxygens (including phenoxy) is 1. The van der Waals surface area contributed by atoms with Crippen LogP contribution < -0.4 is 10.6 Å². The summed E-state index contributed by atoms with van der Waals surface area (Å²) in [5.74, 6) is -0.110. The number of carbonyl (C=O) groups excluding carboxylic acids is 1. The number of nitrogens with one attached hydrogen (secondary N) is 2. The number of aryl methyl sites for hydroxylation is 2. The van der Waals surface area contributed by atoms with Gasteiger partial charge in [0.2, 0.25) is 5.76 Å². The fourth-order valence-corrected chi connectivity index (χ4v) is 3.68. The second kappa shape index (κ2) is 8.60. The highest BCUT2D eigenvalue weighted by molar-refractivity contribution is 5.93. The molecule has 0 saturated carbocycles. The number of oxazole rings is 1. The SMILES string of the molecule is CCc1nc2c(cnn2CC)c(NC2CCOCC2)c1CNC(=O)c1cnco1. The third-order valence-electron chi connectivity index (χ3n) is 5.26. The largest absolute Gasteiger partial charge is 0.438 e. The molecule has 3 aromatic rings. The number of amides is 1. The minimum Gasteiger partial charge on any atom is -0.438 e. The van der Waals surface area contributed by atoms with E-state index in [4.69, 9.17) is 14.1 Å². The van der Waals surface area contributed by atoms with Crippen LogP contribution in [0.15, 0.2) is 23.2 Å². The molecule has 2 N–H and O–H groups in total. The fraction of sp³-hybridized carbons (Fsp3) is 0.500. The number of nitrogens with zero attached hydrogens (tertiary/aromatic N) is 4. The number of hydrogen-bond donors (Lipinski definition) is 2. The molecular weight excluding hydrogens is 372 g/mol. The van der Waals surface area contributed by atoms with Crippen LogP contribution in [0.1, 0.15) is 48.5 Å². The molecule has 0 atom stereocenters. The molecule has 9 heteroatoms. The molecule has 29 heavy (non-hydrogen) atoms. The number of rotatable bonds is 7. The predicted molar refractivity (Wildman–Crippen MR) is 108 cm³/mol. The first-order chi connectivity index (χ1) is 14.2.